The number of hydrogen-bond acceptors (Lipinski definition) is 5. The molecule has 0 saturated carbocycles. The highest BCUT2D eigenvalue weighted by Crippen LogP contribution is 2.25. The number of phenolic OH excluding ortho intramolecular Hbond substituents is 1. The number of aromatic nitrogens is 1. The number of nitrogens with one attached hydrogen (secondary N) is 1. The van der Waals surface area contributed by atoms with Gasteiger partial charge in [0.25, 0.3) is 5.91 Å². The van der Waals surface area contributed by atoms with Crippen LogP contribution in [0.15, 0.2) is 70.9 Å². The van der Waals surface area contributed by atoms with Crippen molar-refractivity contribution in [2.24, 2.45) is 5.10 Å². The monoisotopic (exact) mass is 351 g/mol. The highest BCUT2D eigenvalue weighted by molar-refractivity contribution is 8.00. The second kappa shape index (κ2) is 7.81. The fourth-order valence-corrected chi connectivity index (χ4v) is 3.12. The minimum absolute atomic E-state index is 0.118. The van der Waals surface area contributed by atoms with Gasteiger partial charge in [-0.3, -0.25) is 4.79 Å². The second-order valence-corrected chi connectivity index (χ2v) is 6.74. The normalized spacial score (nSPS) is 12.4. The highest BCUT2D eigenvalue weighted by Gasteiger charge is 2.14. The summed E-state index contributed by atoms with van der Waals surface area (Å²) in [6.07, 6.45) is 3.15. The molecule has 1 heterocycles. The summed E-state index contributed by atoms with van der Waals surface area (Å²) in [5.74, 6) is -0.112. The van der Waals surface area contributed by atoms with Crippen LogP contribution in [-0.2, 0) is 4.79 Å². The van der Waals surface area contributed by atoms with Crippen LogP contribution in [0.4, 0.5) is 0 Å². The first-order valence-corrected chi connectivity index (χ1v) is 8.64. The molecule has 0 aliphatic rings. The van der Waals surface area contributed by atoms with Gasteiger partial charge in [0.1, 0.15) is 5.75 Å². The number of thioether (sulfide) groups is 1. The fourth-order valence-electron chi connectivity index (χ4n) is 2.32. The number of rotatable bonds is 5. The number of carbonyl (C=O) groups is 1. The van der Waals surface area contributed by atoms with E-state index in [2.05, 4.69) is 15.5 Å². The van der Waals surface area contributed by atoms with E-state index in [0.29, 0.717) is 5.56 Å². The zero-order valence-electron chi connectivity index (χ0n) is 13.6. The van der Waals surface area contributed by atoms with Gasteiger partial charge in [-0.15, -0.1) is 0 Å². The first kappa shape index (κ1) is 17.0. The van der Waals surface area contributed by atoms with E-state index >= 15 is 0 Å². The first-order chi connectivity index (χ1) is 12.1. The maximum Gasteiger partial charge on any atom is 0.253 e. The molecule has 3 aromatic rings. The van der Waals surface area contributed by atoms with Crippen molar-refractivity contribution < 1.29 is 9.90 Å². The van der Waals surface area contributed by atoms with Crippen LogP contribution in [0.3, 0.4) is 0 Å². The van der Waals surface area contributed by atoms with Crippen LogP contribution in [0.1, 0.15) is 12.5 Å². The largest absolute Gasteiger partial charge is 0.507 e. The number of aromatic hydroxyl groups is 1. The van der Waals surface area contributed by atoms with Crippen LogP contribution < -0.4 is 5.43 Å². The topological polar surface area (TPSA) is 74.6 Å². The Hall–Kier alpha value is -2.86. The molecule has 0 radical (unpaired) electrons. The molecule has 0 aliphatic carbocycles. The molecule has 0 saturated heterocycles. The molecule has 3 rings (SSSR count). The van der Waals surface area contributed by atoms with Gasteiger partial charge >= 0.3 is 0 Å². The molecule has 0 unspecified atom stereocenters. The molecule has 2 aromatic carbocycles. The van der Waals surface area contributed by atoms with Gasteiger partial charge in [0.05, 0.1) is 16.5 Å². The van der Waals surface area contributed by atoms with E-state index in [4.69, 9.17) is 0 Å². The predicted molar refractivity (Wildman–Crippen MR) is 101 cm³/mol. The Morgan fingerprint density at radius 3 is 2.80 bits per heavy atom. The van der Waals surface area contributed by atoms with Gasteiger partial charge in [-0.05, 0) is 35.9 Å². The molecular formula is C19H17N3O2S. The van der Waals surface area contributed by atoms with E-state index in [-0.39, 0.29) is 16.9 Å². The van der Waals surface area contributed by atoms with Gasteiger partial charge in [-0.1, -0.05) is 48.2 Å². The summed E-state index contributed by atoms with van der Waals surface area (Å²) in [6, 6.07) is 16.7. The van der Waals surface area contributed by atoms with Gasteiger partial charge in [-0.25, -0.2) is 10.4 Å². The zero-order chi connectivity index (χ0) is 17.6. The van der Waals surface area contributed by atoms with E-state index in [0.717, 1.165) is 15.8 Å². The van der Waals surface area contributed by atoms with E-state index in [1.165, 1.54) is 18.0 Å². The van der Waals surface area contributed by atoms with Gasteiger partial charge < -0.3 is 5.11 Å². The van der Waals surface area contributed by atoms with Crippen molar-refractivity contribution in [2.75, 3.05) is 0 Å². The van der Waals surface area contributed by atoms with Crippen molar-refractivity contribution in [2.45, 2.75) is 17.2 Å². The summed E-state index contributed by atoms with van der Waals surface area (Å²) in [5.41, 5.74) is 3.09. The predicted octanol–water partition coefficient (Wildman–Crippen LogP) is 3.57. The maximum atomic E-state index is 12.2. The van der Waals surface area contributed by atoms with Gasteiger partial charge in [0.15, 0.2) is 0 Å². The lowest BCUT2D eigenvalue weighted by molar-refractivity contribution is -0.120. The van der Waals surface area contributed by atoms with Crippen molar-refractivity contribution in [1.29, 1.82) is 0 Å². The van der Waals surface area contributed by atoms with Crippen LogP contribution in [0.25, 0.3) is 10.8 Å². The standard InChI is InChI=1S/C19H17N3O2S/c1-13(25-18-8-4-5-11-20-18)19(24)22-21-12-16-15-7-3-2-6-14(15)9-10-17(16)23/h2-13,23H,1H3,(H,22,24)/b21-12-/t13-/m1/s1. The van der Waals surface area contributed by atoms with Crippen molar-refractivity contribution >= 4 is 34.7 Å². The summed E-state index contributed by atoms with van der Waals surface area (Å²) in [5, 5.41) is 16.4. The van der Waals surface area contributed by atoms with Crippen LogP contribution in [0, 0.1) is 0 Å². The molecule has 0 bridgehead atoms. The molecule has 1 atom stereocenters. The van der Waals surface area contributed by atoms with Crippen LogP contribution >= 0.6 is 11.8 Å². The Kier molecular flexibility index (Phi) is 5.30. The molecule has 2 N–H and O–H groups in total. The Bertz CT molecular complexity index is 913. The highest BCUT2D eigenvalue weighted by atomic mass is 32.2. The number of nitrogens with zero attached hydrogens (tertiary/aromatic N) is 2. The minimum Gasteiger partial charge on any atom is -0.507 e. The van der Waals surface area contributed by atoms with E-state index < -0.39 is 0 Å². The van der Waals surface area contributed by atoms with E-state index in [1.54, 1.807) is 19.2 Å². The Morgan fingerprint density at radius 2 is 2.00 bits per heavy atom. The Labute approximate surface area is 149 Å². The minimum atomic E-state index is -0.340. The molecule has 126 valence electrons. The lowest BCUT2D eigenvalue weighted by Gasteiger charge is -2.08. The van der Waals surface area contributed by atoms with Crippen LogP contribution in [0.5, 0.6) is 5.75 Å². The second-order valence-electron chi connectivity index (χ2n) is 5.38. The lowest BCUT2D eigenvalue weighted by atomic mass is 10.0. The Balaban J connectivity index is 1.69. The van der Waals surface area contributed by atoms with Crippen molar-refractivity contribution in [3.63, 3.8) is 0 Å². The number of amides is 1. The molecule has 25 heavy (non-hydrogen) atoms. The number of carbonyl (C=O) groups excluding carboxylic acids is 1. The number of fused-ring (bicyclic) bond motifs is 1. The summed E-state index contributed by atoms with van der Waals surface area (Å²) in [4.78, 5) is 16.3. The molecule has 5 nitrogen and oxygen atoms in total. The first-order valence-electron chi connectivity index (χ1n) is 7.76. The van der Waals surface area contributed by atoms with Gasteiger partial charge in [0, 0.05) is 11.8 Å². The molecule has 0 aliphatic heterocycles. The van der Waals surface area contributed by atoms with Crippen molar-refractivity contribution in [3.8, 4) is 5.75 Å². The van der Waals surface area contributed by atoms with E-state index in [9.17, 15) is 9.90 Å². The van der Waals surface area contributed by atoms with Crippen molar-refractivity contribution in [3.05, 3.63) is 66.4 Å². The third kappa shape index (κ3) is 4.16. The molecule has 0 fully saturated rings. The average molecular weight is 351 g/mol. The summed E-state index contributed by atoms with van der Waals surface area (Å²) >= 11 is 1.36. The Morgan fingerprint density at radius 1 is 1.20 bits per heavy atom. The number of pyridine rings is 1. The molecular weight excluding hydrogens is 334 g/mol. The third-order valence-corrected chi connectivity index (χ3v) is 4.67. The SMILES string of the molecule is C[C@@H](Sc1ccccn1)C(=O)N/N=C\c1c(O)ccc2ccccc12. The number of phenols is 1. The third-order valence-electron chi connectivity index (χ3n) is 3.62. The van der Waals surface area contributed by atoms with Crippen LogP contribution in [0.2, 0.25) is 0 Å². The molecule has 1 amide bonds. The average Bonchev–Trinajstić information content (AvgIpc) is 2.64. The van der Waals surface area contributed by atoms with E-state index in [1.807, 2.05) is 48.5 Å². The summed E-state index contributed by atoms with van der Waals surface area (Å²) in [7, 11) is 0. The molecule has 6 heteroatoms. The maximum absolute atomic E-state index is 12.2. The number of hydrogen-bond donors (Lipinski definition) is 2. The smallest absolute Gasteiger partial charge is 0.253 e. The zero-order valence-corrected chi connectivity index (χ0v) is 14.4. The lowest BCUT2D eigenvalue weighted by Crippen LogP contribution is -2.26. The molecule has 0 spiro atoms. The summed E-state index contributed by atoms with van der Waals surface area (Å²) in [6.45, 7) is 1.79. The van der Waals surface area contributed by atoms with Gasteiger partial charge in [-0.2, -0.15) is 5.10 Å². The quantitative estimate of drug-likeness (QED) is 0.419. The number of hydrazone groups is 1. The van der Waals surface area contributed by atoms with Crippen LogP contribution in [-0.4, -0.2) is 27.5 Å². The fraction of sp³-hybridized carbons (Fsp3) is 0.105. The summed E-state index contributed by atoms with van der Waals surface area (Å²) < 4.78 is 0. The van der Waals surface area contributed by atoms with Gasteiger partial charge in [0.2, 0.25) is 0 Å². The molecule has 1 aromatic heterocycles. The van der Waals surface area contributed by atoms with Crippen molar-refractivity contribution in [1.82, 2.24) is 10.4 Å². The number of benzene rings is 2.